The summed E-state index contributed by atoms with van der Waals surface area (Å²) in [5.74, 6) is -0.973. The fraction of sp³-hybridized carbons (Fsp3) is 0.462. The number of hydrogen-bond donors (Lipinski definition) is 1. The van der Waals surface area contributed by atoms with Crippen molar-refractivity contribution >= 4 is 5.91 Å². The van der Waals surface area contributed by atoms with Crippen LogP contribution in [-0.4, -0.2) is 49.3 Å². The van der Waals surface area contributed by atoms with Crippen molar-refractivity contribution < 1.29 is 19.0 Å². The number of ether oxygens (including phenoxy) is 1. The van der Waals surface area contributed by atoms with Gasteiger partial charge in [0.15, 0.2) is 0 Å². The number of nitrogens with zero attached hydrogens (tertiary/aromatic N) is 1. The second kappa shape index (κ2) is 7.08. The van der Waals surface area contributed by atoms with Gasteiger partial charge in [0.25, 0.3) is 5.91 Å². The van der Waals surface area contributed by atoms with Crippen LogP contribution in [0.15, 0.2) is 18.2 Å². The van der Waals surface area contributed by atoms with Crippen molar-refractivity contribution in [1.29, 1.82) is 0 Å². The number of benzene rings is 1. The molecule has 1 N–H and O–H groups in total. The average molecular weight is 255 g/mol. The fourth-order valence-electron chi connectivity index (χ4n) is 1.60. The van der Waals surface area contributed by atoms with E-state index in [0.29, 0.717) is 13.2 Å². The number of methoxy groups -OCH3 is 1. The highest BCUT2D eigenvalue weighted by atomic mass is 19.1. The molecular formula is C13H18FNO3. The molecule has 18 heavy (non-hydrogen) atoms. The highest BCUT2D eigenvalue weighted by molar-refractivity contribution is 5.94. The number of amides is 1. The van der Waals surface area contributed by atoms with Crippen LogP contribution in [0.4, 0.5) is 4.39 Å². The molecule has 0 aromatic heterocycles. The molecule has 5 heteroatoms. The predicted molar refractivity (Wildman–Crippen MR) is 66.0 cm³/mol. The van der Waals surface area contributed by atoms with Crippen LogP contribution in [-0.2, 0) is 4.74 Å². The quantitative estimate of drug-likeness (QED) is 0.831. The second-order valence-electron chi connectivity index (χ2n) is 3.99. The average Bonchev–Trinajstić information content (AvgIpc) is 2.33. The van der Waals surface area contributed by atoms with Crippen molar-refractivity contribution in [3.63, 3.8) is 0 Å². The summed E-state index contributed by atoms with van der Waals surface area (Å²) in [5.41, 5.74) is 0.778. The largest absolute Gasteiger partial charge is 0.395 e. The summed E-state index contributed by atoms with van der Waals surface area (Å²) in [5, 5.41) is 8.92. The zero-order valence-electron chi connectivity index (χ0n) is 10.6. The van der Waals surface area contributed by atoms with Crippen molar-refractivity contribution in [3.8, 4) is 0 Å². The number of rotatable bonds is 6. The van der Waals surface area contributed by atoms with Crippen LogP contribution in [0.2, 0.25) is 0 Å². The van der Waals surface area contributed by atoms with Crippen LogP contribution in [0, 0.1) is 12.7 Å². The van der Waals surface area contributed by atoms with E-state index in [-0.39, 0.29) is 18.7 Å². The Morgan fingerprint density at radius 3 is 2.72 bits per heavy atom. The Hall–Kier alpha value is -1.46. The maximum atomic E-state index is 13.7. The number of carbonyl (C=O) groups excluding carboxylic acids is 1. The fourth-order valence-corrected chi connectivity index (χ4v) is 1.60. The molecule has 0 saturated carbocycles. The molecule has 1 aromatic carbocycles. The maximum Gasteiger partial charge on any atom is 0.256 e. The van der Waals surface area contributed by atoms with Gasteiger partial charge in [-0.3, -0.25) is 4.79 Å². The maximum absolute atomic E-state index is 13.7. The minimum absolute atomic E-state index is 0.0187. The zero-order valence-corrected chi connectivity index (χ0v) is 10.6. The molecule has 0 heterocycles. The van der Waals surface area contributed by atoms with E-state index < -0.39 is 11.7 Å². The molecule has 4 nitrogen and oxygen atoms in total. The van der Waals surface area contributed by atoms with Crippen molar-refractivity contribution in [3.05, 3.63) is 35.1 Å². The molecule has 1 amide bonds. The lowest BCUT2D eigenvalue weighted by Gasteiger charge is -2.21. The van der Waals surface area contributed by atoms with E-state index in [1.807, 2.05) is 0 Å². The minimum atomic E-state index is -0.541. The molecule has 0 aliphatic rings. The van der Waals surface area contributed by atoms with E-state index >= 15 is 0 Å². The monoisotopic (exact) mass is 255 g/mol. The zero-order chi connectivity index (χ0) is 13.5. The van der Waals surface area contributed by atoms with E-state index in [1.54, 1.807) is 13.0 Å². The third kappa shape index (κ3) is 3.78. The van der Waals surface area contributed by atoms with Gasteiger partial charge in [-0.15, -0.1) is 0 Å². The first kappa shape index (κ1) is 14.6. The molecule has 100 valence electrons. The molecule has 1 aromatic rings. The van der Waals surface area contributed by atoms with Crippen LogP contribution in [0.5, 0.6) is 0 Å². The minimum Gasteiger partial charge on any atom is -0.395 e. The molecule has 0 aliphatic heterocycles. The Labute approximate surface area is 106 Å². The van der Waals surface area contributed by atoms with Gasteiger partial charge >= 0.3 is 0 Å². The van der Waals surface area contributed by atoms with E-state index in [0.717, 1.165) is 5.56 Å². The van der Waals surface area contributed by atoms with Gasteiger partial charge in [0, 0.05) is 20.2 Å². The lowest BCUT2D eigenvalue weighted by Crippen LogP contribution is -2.36. The van der Waals surface area contributed by atoms with Crippen LogP contribution in [0.1, 0.15) is 15.9 Å². The number of carbonyl (C=O) groups is 1. The molecule has 1 rings (SSSR count). The Morgan fingerprint density at radius 2 is 2.17 bits per heavy atom. The highest BCUT2D eigenvalue weighted by Crippen LogP contribution is 2.12. The molecule has 0 spiro atoms. The summed E-state index contributed by atoms with van der Waals surface area (Å²) in [7, 11) is 1.52. The van der Waals surface area contributed by atoms with E-state index in [9.17, 15) is 9.18 Å². The van der Waals surface area contributed by atoms with Crippen LogP contribution < -0.4 is 0 Å². The van der Waals surface area contributed by atoms with Gasteiger partial charge in [-0.1, -0.05) is 6.07 Å². The van der Waals surface area contributed by atoms with Crippen molar-refractivity contribution in [1.82, 2.24) is 4.90 Å². The van der Waals surface area contributed by atoms with Crippen molar-refractivity contribution in [2.24, 2.45) is 0 Å². The number of halogens is 1. The molecule has 0 aliphatic carbocycles. The summed E-state index contributed by atoms with van der Waals surface area (Å²) >= 11 is 0. The standard InChI is InChI=1S/C13H18FNO3/c1-10-3-4-11(12(14)9-10)13(17)15(5-7-16)6-8-18-2/h3-4,9,16H,5-8H2,1-2H3. The third-order valence-corrected chi connectivity index (χ3v) is 2.58. The molecular weight excluding hydrogens is 237 g/mol. The molecule has 0 saturated heterocycles. The first-order valence-corrected chi connectivity index (χ1v) is 5.75. The first-order chi connectivity index (χ1) is 8.60. The van der Waals surface area contributed by atoms with E-state index in [1.165, 1.54) is 24.1 Å². The molecule has 0 radical (unpaired) electrons. The number of aliphatic hydroxyl groups is 1. The topological polar surface area (TPSA) is 49.8 Å². The Balaban J connectivity index is 2.87. The predicted octanol–water partition coefficient (Wildman–Crippen LogP) is 1.22. The Bertz CT molecular complexity index is 409. The summed E-state index contributed by atoms with van der Waals surface area (Å²) < 4.78 is 18.6. The van der Waals surface area contributed by atoms with Gasteiger partial charge in [0.05, 0.1) is 18.8 Å². The molecule has 0 bridgehead atoms. The molecule has 0 fully saturated rings. The summed E-state index contributed by atoms with van der Waals surface area (Å²) in [6.07, 6.45) is 0. The smallest absolute Gasteiger partial charge is 0.256 e. The highest BCUT2D eigenvalue weighted by Gasteiger charge is 2.18. The van der Waals surface area contributed by atoms with Crippen LogP contribution >= 0.6 is 0 Å². The number of aliphatic hydroxyl groups excluding tert-OH is 1. The van der Waals surface area contributed by atoms with Gasteiger partial charge in [0.2, 0.25) is 0 Å². The van der Waals surface area contributed by atoms with E-state index in [2.05, 4.69) is 0 Å². The summed E-state index contributed by atoms with van der Waals surface area (Å²) in [6.45, 7) is 2.43. The van der Waals surface area contributed by atoms with Crippen LogP contribution in [0.25, 0.3) is 0 Å². The molecule has 0 unspecified atom stereocenters. The van der Waals surface area contributed by atoms with Crippen molar-refractivity contribution in [2.75, 3.05) is 33.4 Å². The van der Waals surface area contributed by atoms with Gasteiger partial charge in [-0.05, 0) is 24.6 Å². The van der Waals surface area contributed by atoms with Crippen molar-refractivity contribution in [2.45, 2.75) is 6.92 Å². The Morgan fingerprint density at radius 1 is 1.44 bits per heavy atom. The number of aryl methyl sites for hydroxylation is 1. The van der Waals surface area contributed by atoms with Gasteiger partial charge < -0.3 is 14.7 Å². The lowest BCUT2D eigenvalue weighted by molar-refractivity contribution is 0.0652. The van der Waals surface area contributed by atoms with Gasteiger partial charge in [0.1, 0.15) is 5.82 Å². The second-order valence-corrected chi connectivity index (χ2v) is 3.99. The van der Waals surface area contributed by atoms with E-state index in [4.69, 9.17) is 9.84 Å². The molecule has 0 atom stereocenters. The Kier molecular flexibility index (Phi) is 5.74. The van der Waals surface area contributed by atoms with Crippen LogP contribution in [0.3, 0.4) is 0 Å². The lowest BCUT2D eigenvalue weighted by atomic mass is 10.1. The first-order valence-electron chi connectivity index (χ1n) is 5.75. The third-order valence-electron chi connectivity index (χ3n) is 2.58. The summed E-state index contributed by atoms with van der Waals surface area (Å²) in [4.78, 5) is 13.5. The summed E-state index contributed by atoms with van der Waals surface area (Å²) in [6, 6.07) is 4.47. The SMILES string of the molecule is COCCN(CCO)C(=O)c1ccc(C)cc1F. The van der Waals surface area contributed by atoms with Gasteiger partial charge in [-0.25, -0.2) is 4.39 Å². The number of hydrogen-bond acceptors (Lipinski definition) is 3. The van der Waals surface area contributed by atoms with Gasteiger partial charge in [-0.2, -0.15) is 0 Å². The normalized spacial score (nSPS) is 10.4.